The van der Waals surface area contributed by atoms with Crippen molar-refractivity contribution in [2.24, 2.45) is 0 Å². The summed E-state index contributed by atoms with van der Waals surface area (Å²) in [6.07, 6.45) is 0.548. The summed E-state index contributed by atoms with van der Waals surface area (Å²) in [5.74, 6) is 0.626. The third kappa shape index (κ3) is 2.30. The number of aromatic hydroxyl groups is 2. The van der Waals surface area contributed by atoms with Gasteiger partial charge in [-0.3, -0.25) is 0 Å². The molecule has 0 aromatic heterocycles. The van der Waals surface area contributed by atoms with Gasteiger partial charge in [-0.15, -0.1) is 0 Å². The second-order valence-electron chi connectivity index (χ2n) is 5.13. The molecular weight excluding hydrogens is 236 g/mol. The molecule has 0 heterocycles. The van der Waals surface area contributed by atoms with Gasteiger partial charge in [-0.25, -0.2) is 0 Å². The average Bonchev–Trinajstić information content (AvgIpc) is 2.41. The first-order valence-electron chi connectivity index (χ1n) is 6.48. The minimum atomic E-state index is 0.275. The van der Waals surface area contributed by atoms with E-state index in [1.165, 1.54) is 5.56 Å². The van der Waals surface area contributed by atoms with Gasteiger partial charge < -0.3 is 10.2 Å². The lowest BCUT2D eigenvalue weighted by Gasteiger charge is -2.17. The third-order valence-corrected chi connectivity index (χ3v) is 4.14. The molecule has 0 atom stereocenters. The van der Waals surface area contributed by atoms with Gasteiger partial charge in [0.15, 0.2) is 0 Å². The molecule has 0 amide bonds. The van der Waals surface area contributed by atoms with Crippen LogP contribution >= 0.6 is 0 Å². The van der Waals surface area contributed by atoms with Crippen LogP contribution in [-0.2, 0) is 6.42 Å². The van der Waals surface area contributed by atoms with Crippen LogP contribution < -0.4 is 0 Å². The lowest BCUT2D eigenvalue weighted by Crippen LogP contribution is -2.00. The van der Waals surface area contributed by atoms with Gasteiger partial charge in [0.1, 0.15) is 11.5 Å². The maximum Gasteiger partial charge on any atom is 0.122 e. The van der Waals surface area contributed by atoms with Gasteiger partial charge in [0.05, 0.1) is 0 Å². The van der Waals surface area contributed by atoms with Gasteiger partial charge >= 0.3 is 0 Å². The summed E-state index contributed by atoms with van der Waals surface area (Å²) >= 11 is 0. The van der Waals surface area contributed by atoms with Crippen molar-refractivity contribution in [1.29, 1.82) is 0 Å². The van der Waals surface area contributed by atoms with E-state index < -0.39 is 0 Å². The van der Waals surface area contributed by atoms with Gasteiger partial charge in [-0.05, 0) is 61.6 Å². The van der Waals surface area contributed by atoms with E-state index in [1.54, 1.807) is 12.1 Å². The Kier molecular flexibility index (Phi) is 3.52. The normalized spacial score (nSPS) is 10.7. The zero-order chi connectivity index (χ0) is 14.2. The molecule has 0 unspecified atom stereocenters. The van der Waals surface area contributed by atoms with Crippen molar-refractivity contribution in [3.8, 4) is 11.5 Å². The first kappa shape index (κ1) is 13.5. The van der Waals surface area contributed by atoms with Gasteiger partial charge in [0.2, 0.25) is 0 Å². The summed E-state index contributed by atoms with van der Waals surface area (Å²) in [5, 5.41) is 20.2. The topological polar surface area (TPSA) is 40.5 Å². The molecule has 0 aliphatic heterocycles. The summed E-state index contributed by atoms with van der Waals surface area (Å²) in [6.45, 7) is 8.06. The van der Waals surface area contributed by atoms with Crippen LogP contribution in [-0.4, -0.2) is 10.2 Å². The number of rotatable bonds is 2. The molecule has 2 N–H and O–H groups in total. The highest BCUT2D eigenvalue weighted by Crippen LogP contribution is 2.34. The molecule has 100 valence electrons. The Hall–Kier alpha value is -1.96. The highest BCUT2D eigenvalue weighted by Gasteiger charge is 2.15. The quantitative estimate of drug-likeness (QED) is 0.855. The van der Waals surface area contributed by atoms with Crippen LogP contribution in [0.4, 0.5) is 0 Å². The molecule has 0 aliphatic carbocycles. The summed E-state index contributed by atoms with van der Waals surface area (Å²) in [7, 11) is 0. The number of hydrogen-bond acceptors (Lipinski definition) is 2. The summed E-state index contributed by atoms with van der Waals surface area (Å²) in [4.78, 5) is 0. The fraction of sp³-hybridized carbons (Fsp3) is 0.294. The van der Waals surface area contributed by atoms with E-state index in [1.807, 2.05) is 32.9 Å². The lowest BCUT2D eigenvalue weighted by molar-refractivity contribution is 0.459. The van der Waals surface area contributed by atoms with Gasteiger partial charge in [-0.2, -0.15) is 0 Å². The average molecular weight is 256 g/mol. The van der Waals surface area contributed by atoms with Crippen molar-refractivity contribution >= 4 is 0 Å². The molecule has 0 fully saturated rings. The van der Waals surface area contributed by atoms with E-state index in [0.29, 0.717) is 12.2 Å². The Bertz CT molecular complexity index is 598. The first-order chi connectivity index (χ1) is 8.93. The SMILES string of the molecule is Cc1c(C)c(C)c(Cc2ccccc2O)c(O)c1C. The molecule has 0 spiro atoms. The third-order valence-electron chi connectivity index (χ3n) is 4.14. The van der Waals surface area contributed by atoms with Crippen LogP contribution in [0.25, 0.3) is 0 Å². The second kappa shape index (κ2) is 4.96. The summed E-state index contributed by atoms with van der Waals surface area (Å²) in [5.41, 5.74) is 6.11. The van der Waals surface area contributed by atoms with Crippen LogP contribution in [0, 0.1) is 27.7 Å². The zero-order valence-electron chi connectivity index (χ0n) is 11.9. The minimum absolute atomic E-state index is 0.275. The maximum atomic E-state index is 10.4. The number of benzene rings is 2. The van der Waals surface area contributed by atoms with Crippen molar-refractivity contribution in [2.75, 3.05) is 0 Å². The van der Waals surface area contributed by atoms with E-state index >= 15 is 0 Å². The maximum absolute atomic E-state index is 10.4. The van der Waals surface area contributed by atoms with Crippen LogP contribution in [0.3, 0.4) is 0 Å². The first-order valence-corrected chi connectivity index (χ1v) is 6.48. The Morgan fingerprint density at radius 2 is 1.37 bits per heavy atom. The van der Waals surface area contributed by atoms with Crippen LogP contribution in [0.1, 0.15) is 33.4 Å². The van der Waals surface area contributed by atoms with E-state index in [-0.39, 0.29) is 5.75 Å². The predicted octanol–water partition coefficient (Wildman–Crippen LogP) is 3.92. The smallest absolute Gasteiger partial charge is 0.122 e. The molecule has 2 nitrogen and oxygen atoms in total. The molecular formula is C17H20O2. The van der Waals surface area contributed by atoms with E-state index in [4.69, 9.17) is 0 Å². The van der Waals surface area contributed by atoms with Crippen LogP contribution in [0.15, 0.2) is 24.3 Å². The van der Waals surface area contributed by atoms with Gasteiger partial charge in [0.25, 0.3) is 0 Å². The molecule has 2 heteroatoms. The Morgan fingerprint density at radius 1 is 0.789 bits per heavy atom. The molecule has 0 bridgehead atoms. The fourth-order valence-electron chi connectivity index (χ4n) is 2.44. The number of para-hydroxylation sites is 1. The van der Waals surface area contributed by atoms with Crippen LogP contribution in [0.5, 0.6) is 11.5 Å². The molecule has 2 aromatic carbocycles. The molecule has 0 saturated heterocycles. The van der Waals surface area contributed by atoms with Crippen molar-refractivity contribution in [1.82, 2.24) is 0 Å². The second-order valence-corrected chi connectivity index (χ2v) is 5.13. The van der Waals surface area contributed by atoms with E-state index in [0.717, 1.165) is 27.8 Å². The monoisotopic (exact) mass is 256 g/mol. The molecule has 19 heavy (non-hydrogen) atoms. The van der Waals surface area contributed by atoms with Gasteiger partial charge in [-0.1, -0.05) is 18.2 Å². The Labute approximate surface area is 114 Å². The largest absolute Gasteiger partial charge is 0.508 e. The zero-order valence-corrected chi connectivity index (χ0v) is 11.9. The minimum Gasteiger partial charge on any atom is -0.508 e. The Morgan fingerprint density at radius 3 is 2.00 bits per heavy atom. The predicted molar refractivity (Wildman–Crippen MR) is 78.0 cm³/mol. The van der Waals surface area contributed by atoms with E-state index in [2.05, 4.69) is 6.92 Å². The Balaban J connectivity index is 2.56. The van der Waals surface area contributed by atoms with E-state index in [9.17, 15) is 10.2 Å². The molecule has 0 aliphatic rings. The van der Waals surface area contributed by atoms with Crippen molar-refractivity contribution in [3.63, 3.8) is 0 Å². The van der Waals surface area contributed by atoms with Crippen molar-refractivity contribution in [2.45, 2.75) is 34.1 Å². The van der Waals surface area contributed by atoms with Crippen LogP contribution in [0.2, 0.25) is 0 Å². The highest BCUT2D eigenvalue weighted by atomic mass is 16.3. The summed E-state index contributed by atoms with van der Waals surface area (Å²) < 4.78 is 0. The number of phenolic OH excluding ortho intramolecular Hbond substituents is 2. The number of hydrogen-bond donors (Lipinski definition) is 2. The highest BCUT2D eigenvalue weighted by molar-refractivity contribution is 5.55. The number of phenols is 2. The van der Waals surface area contributed by atoms with Crippen molar-refractivity contribution in [3.05, 3.63) is 57.6 Å². The fourth-order valence-corrected chi connectivity index (χ4v) is 2.44. The lowest BCUT2D eigenvalue weighted by atomic mass is 9.90. The van der Waals surface area contributed by atoms with Crippen molar-refractivity contribution < 1.29 is 10.2 Å². The summed E-state index contributed by atoms with van der Waals surface area (Å²) in [6, 6.07) is 7.26. The van der Waals surface area contributed by atoms with Gasteiger partial charge in [0, 0.05) is 12.0 Å². The molecule has 0 saturated carbocycles. The molecule has 0 radical (unpaired) electrons. The molecule has 2 rings (SSSR count). The molecule has 2 aromatic rings. The standard InChI is InChI=1S/C17H20O2/c1-10-11(2)13(4)17(19)15(12(10)3)9-14-7-5-6-8-16(14)18/h5-8,18-19H,9H2,1-4H3.